The topological polar surface area (TPSA) is 23.9 Å². The van der Waals surface area contributed by atoms with Gasteiger partial charge in [0.15, 0.2) is 0 Å². The number of hydrogen-bond acceptors (Lipinski definition) is 1. The summed E-state index contributed by atoms with van der Waals surface area (Å²) in [7, 11) is 0. The van der Waals surface area contributed by atoms with Crippen molar-refractivity contribution < 1.29 is 0 Å². The molecule has 0 aromatic rings. The first-order chi connectivity index (χ1) is 4.95. The van der Waals surface area contributed by atoms with E-state index >= 15 is 0 Å². The van der Waals surface area contributed by atoms with Gasteiger partial charge < -0.3 is 5.41 Å². The summed E-state index contributed by atoms with van der Waals surface area (Å²) in [5.74, 6) is 0. The zero-order valence-electron chi connectivity index (χ0n) is 7.29. The first-order valence-corrected chi connectivity index (χ1v) is 4.29. The van der Waals surface area contributed by atoms with E-state index in [0.717, 1.165) is 22.0 Å². The van der Waals surface area contributed by atoms with Crippen LogP contribution in [0.4, 0.5) is 0 Å². The fraction of sp³-hybridized carbons (Fsp3) is 0.444. The van der Waals surface area contributed by atoms with Gasteiger partial charge >= 0.3 is 0 Å². The van der Waals surface area contributed by atoms with Crippen LogP contribution in [0.1, 0.15) is 27.2 Å². The molecule has 0 bridgehead atoms. The van der Waals surface area contributed by atoms with Gasteiger partial charge in [-0.3, -0.25) is 0 Å². The summed E-state index contributed by atoms with van der Waals surface area (Å²) in [6.07, 6.45) is 0.835. The Labute approximate surface area is 76.8 Å². The van der Waals surface area contributed by atoms with Crippen LogP contribution in [-0.2, 0) is 0 Å². The van der Waals surface area contributed by atoms with Gasteiger partial charge in [0.25, 0.3) is 0 Å². The van der Waals surface area contributed by atoms with Gasteiger partial charge in [0.1, 0.15) is 0 Å². The van der Waals surface area contributed by atoms with E-state index in [0.29, 0.717) is 5.71 Å². The number of rotatable bonds is 3. The third kappa shape index (κ3) is 4.14. The quantitative estimate of drug-likeness (QED) is 0.549. The van der Waals surface area contributed by atoms with Crippen LogP contribution < -0.4 is 0 Å². The molecule has 1 N–H and O–H groups in total. The van der Waals surface area contributed by atoms with Gasteiger partial charge in [0.2, 0.25) is 0 Å². The number of nitrogens with one attached hydrogen (secondary N) is 1. The fourth-order valence-electron chi connectivity index (χ4n) is 0.601. The Morgan fingerprint density at radius 2 is 1.82 bits per heavy atom. The van der Waals surface area contributed by atoms with E-state index in [1.165, 1.54) is 0 Å². The molecule has 0 atom stereocenters. The van der Waals surface area contributed by atoms with E-state index in [1.807, 2.05) is 13.8 Å². The standard InChI is InChI=1S/C9H14BrN/c1-6(2)5-9(10)7(3)8(4)11/h11H,1,5H2,2-4H3. The van der Waals surface area contributed by atoms with Crippen LogP contribution in [0.25, 0.3) is 0 Å². The molecule has 1 nitrogen and oxygen atoms in total. The molecule has 0 aliphatic heterocycles. The minimum absolute atomic E-state index is 0.609. The first kappa shape index (κ1) is 10.6. The summed E-state index contributed by atoms with van der Waals surface area (Å²) < 4.78 is 1.07. The molecule has 62 valence electrons. The van der Waals surface area contributed by atoms with Crippen molar-refractivity contribution in [3.8, 4) is 0 Å². The predicted molar refractivity (Wildman–Crippen MR) is 54.5 cm³/mol. The Morgan fingerprint density at radius 3 is 2.09 bits per heavy atom. The lowest BCUT2D eigenvalue weighted by Gasteiger charge is -2.03. The van der Waals surface area contributed by atoms with Crippen LogP contribution in [0.2, 0.25) is 0 Å². The fourth-order valence-corrected chi connectivity index (χ4v) is 1.38. The Balaban J connectivity index is 4.40. The van der Waals surface area contributed by atoms with Gasteiger partial charge in [0.05, 0.1) is 0 Å². The summed E-state index contributed by atoms with van der Waals surface area (Å²) in [6.45, 7) is 9.51. The highest BCUT2D eigenvalue weighted by atomic mass is 79.9. The van der Waals surface area contributed by atoms with Crippen molar-refractivity contribution in [2.45, 2.75) is 27.2 Å². The molecule has 0 aliphatic rings. The van der Waals surface area contributed by atoms with Crippen molar-refractivity contribution in [2.75, 3.05) is 0 Å². The molecule has 0 aromatic carbocycles. The van der Waals surface area contributed by atoms with E-state index < -0.39 is 0 Å². The van der Waals surface area contributed by atoms with E-state index in [4.69, 9.17) is 5.41 Å². The maximum absolute atomic E-state index is 7.36. The van der Waals surface area contributed by atoms with E-state index in [2.05, 4.69) is 22.5 Å². The second kappa shape index (κ2) is 4.50. The largest absolute Gasteiger partial charge is 0.305 e. The van der Waals surface area contributed by atoms with Crippen molar-refractivity contribution in [3.63, 3.8) is 0 Å². The molecule has 0 amide bonds. The van der Waals surface area contributed by atoms with Crippen molar-refractivity contribution in [2.24, 2.45) is 0 Å². The minimum Gasteiger partial charge on any atom is -0.305 e. The summed E-state index contributed by atoms with van der Waals surface area (Å²) in [5, 5.41) is 7.36. The predicted octanol–water partition coefficient (Wildman–Crippen LogP) is 3.66. The Kier molecular flexibility index (Phi) is 4.34. The Morgan fingerprint density at radius 1 is 1.36 bits per heavy atom. The Bertz CT molecular complexity index is 214. The molecule has 0 saturated carbocycles. The molecule has 0 aliphatic carbocycles. The average molecular weight is 216 g/mol. The number of halogens is 1. The van der Waals surface area contributed by atoms with Gasteiger partial charge in [-0.2, -0.15) is 0 Å². The maximum Gasteiger partial charge on any atom is 0.0320 e. The van der Waals surface area contributed by atoms with Gasteiger partial charge in [-0.15, -0.1) is 0 Å². The normalized spacial score (nSPS) is 12.4. The smallest absolute Gasteiger partial charge is 0.0320 e. The van der Waals surface area contributed by atoms with Crippen molar-refractivity contribution >= 4 is 21.6 Å². The maximum atomic E-state index is 7.36. The molecule has 0 heterocycles. The first-order valence-electron chi connectivity index (χ1n) is 3.50. The highest BCUT2D eigenvalue weighted by Gasteiger charge is 2.00. The zero-order valence-corrected chi connectivity index (χ0v) is 8.88. The second-order valence-corrected chi connectivity index (χ2v) is 3.75. The van der Waals surface area contributed by atoms with Gasteiger partial charge in [-0.25, -0.2) is 0 Å². The monoisotopic (exact) mass is 215 g/mol. The molecule has 0 rings (SSSR count). The number of hydrogen-bond donors (Lipinski definition) is 1. The van der Waals surface area contributed by atoms with E-state index in [1.54, 1.807) is 6.92 Å². The summed E-state index contributed by atoms with van der Waals surface area (Å²) in [6, 6.07) is 0. The molecule has 11 heavy (non-hydrogen) atoms. The van der Waals surface area contributed by atoms with Crippen LogP contribution in [0.3, 0.4) is 0 Å². The van der Waals surface area contributed by atoms with Crippen LogP contribution in [-0.4, -0.2) is 5.71 Å². The van der Waals surface area contributed by atoms with Crippen LogP contribution in [0.15, 0.2) is 22.2 Å². The van der Waals surface area contributed by atoms with Crippen LogP contribution in [0.5, 0.6) is 0 Å². The third-order valence-electron chi connectivity index (χ3n) is 1.43. The summed E-state index contributed by atoms with van der Waals surface area (Å²) >= 11 is 3.42. The van der Waals surface area contributed by atoms with E-state index in [-0.39, 0.29) is 0 Å². The van der Waals surface area contributed by atoms with Gasteiger partial charge in [-0.05, 0) is 32.8 Å². The molecule has 0 radical (unpaired) electrons. The lowest BCUT2D eigenvalue weighted by atomic mass is 10.1. The lowest BCUT2D eigenvalue weighted by molar-refractivity contribution is 1.19. The second-order valence-electron chi connectivity index (χ2n) is 2.79. The molecule has 0 saturated heterocycles. The zero-order chi connectivity index (χ0) is 9.02. The molecular formula is C9H14BrN. The summed E-state index contributed by atoms with van der Waals surface area (Å²) in [4.78, 5) is 0. The Hall–Kier alpha value is -0.370. The molecule has 0 spiro atoms. The van der Waals surface area contributed by atoms with Gasteiger partial charge in [0, 0.05) is 10.2 Å². The molecule has 0 aromatic heterocycles. The van der Waals surface area contributed by atoms with Crippen LogP contribution >= 0.6 is 15.9 Å². The van der Waals surface area contributed by atoms with E-state index in [9.17, 15) is 0 Å². The molecular weight excluding hydrogens is 202 g/mol. The summed E-state index contributed by atoms with van der Waals surface area (Å²) in [5.41, 5.74) is 2.73. The van der Waals surface area contributed by atoms with Crippen molar-refractivity contribution in [1.29, 1.82) is 5.41 Å². The third-order valence-corrected chi connectivity index (χ3v) is 2.30. The molecule has 0 fully saturated rings. The number of allylic oxidation sites excluding steroid dienone is 3. The van der Waals surface area contributed by atoms with Gasteiger partial charge in [-0.1, -0.05) is 28.1 Å². The SMILES string of the molecule is C=C(C)CC(Br)=C(C)C(C)=N. The van der Waals surface area contributed by atoms with Crippen molar-refractivity contribution in [3.05, 3.63) is 22.2 Å². The highest BCUT2D eigenvalue weighted by molar-refractivity contribution is 9.11. The van der Waals surface area contributed by atoms with Crippen molar-refractivity contribution in [1.82, 2.24) is 0 Å². The molecule has 0 unspecified atom stereocenters. The van der Waals surface area contributed by atoms with Crippen LogP contribution in [0, 0.1) is 5.41 Å². The average Bonchev–Trinajstić information content (AvgIpc) is 1.84. The highest BCUT2D eigenvalue weighted by Crippen LogP contribution is 2.20. The molecule has 2 heteroatoms. The minimum atomic E-state index is 0.609. The lowest BCUT2D eigenvalue weighted by Crippen LogP contribution is -1.93.